The number of rotatable bonds is 2. The van der Waals surface area contributed by atoms with Gasteiger partial charge in [-0.2, -0.15) is 0 Å². The minimum atomic E-state index is -0.00833. The second-order valence-electron chi connectivity index (χ2n) is 8.22. The van der Waals surface area contributed by atoms with Crippen molar-refractivity contribution in [3.63, 3.8) is 0 Å². The van der Waals surface area contributed by atoms with E-state index in [-0.39, 0.29) is 23.4 Å². The number of esters is 1. The molecule has 6 atom stereocenters. The van der Waals surface area contributed by atoms with Crippen LogP contribution in [0.1, 0.15) is 59.8 Å². The smallest absolute Gasteiger partial charge is 0.309 e. The molecule has 108 valence electrons. The van der Waals surface area contributed by atoms with Crippen LogP contribution in [0.5, 0.6) is 0 Å². The van der Waals surface area contributed by atoms with E-state index in [4.69, 9.17) is 4.74 Å². The summed E-state index contributed by atoms with van der Waals surface area (Å²) in [5, 5.41) is 0. The van der Waals surface area contributed by atoms with Gasteiger partial charge in [0.1, 0.15) is 6.10 Å². The van der Waals surface area contributed by atoms with E-state index in [9.17, 15) is 4.79 Å². The first kappa shape index (κ1) is 13.5. The van der Waals surface area contributed by atoms with Crippen LogP contribution >= 0.6 is 0 Å². The molecule has 0 saturated heterocycles. The maximum atomic E-state index is 12.3. The lowest BCUT2D eigenvalue weighted by Crippen LogP contribution is -2.36. The highest BCUT2D eigenvalue weighted by atomic mass is 16.5. The van der Waals surface area contributed by atoms with Gasteiger partial charge in [-0.05, 0) is 54.8 Å². The van der Waals surface area contributed by atoms with Gasteiger partial charge in [0.25, 0.3) is 0 Å². The van der Waals surface area contributed by atoms with E-state index in [0.717, 1.165) is 24.2 Å². The topological polar surface area (TPSA) is 26.3 Å². The maximum Gasteiger partial charge on any atom is 0.309 e. The van der Waals surface area contributed by atoms with Gasteiger partial charge in [-0.15, -0.1) is 0 Å². The average Bonchev–Trinajstić information content (AvgIpc) is 2.97. The van der Waals surface area contributed by atoms with Gasteiger partial charge in [-0.1, -0.05) is 34.1 Å². The zero-order valence-corrected chi connectivity index (χ0v) is 12.8. The van der Waals surface area contributed by atoms with Gasteiger partial charge in [-0.3, -0.25) is 4.79 Å². The van der Waals surface area contributed by atoms with Crippen molar-refractivity contribution >= 4 is 5.97 Å². The molecule has 0 spiro atoms. The molecule has 3 saturated carbocycles. The first-order chi connectivity index (χ1) is 8.88. The third-order valence-corrected chi connectivity index (χ3v) is 6.29. The maximum absolute atomic E-state index is 12.3. The zero-order chi connectivity index (χ0) is 13.8. The summed E-state index contributed by atoms with van der Waals surface area (Å²) in [5.74, 6) is 3.42. The van der Waals surface area contributed by atoms with Crippen LogP contribution in [0.4, 0.5) is 0 Å². The third kappa shape index (κ3) is 2.21. The molecule has 3 aliphatic rings. The van der Waals surface area contributed by atoms with Crippen molar-refractivity contribution < 1.29 is 9.53 Å². The van der Waals surface area contributed by atoms with E-state index in [1.54, 1.807) is 0 Å². The number of ether oxygens (including phenoxy) is 1. The van der Waals surface area contributed by atoms with Crippen LogP contribution in [0.2, 0.25) is 0 Å². The van der Waals surface area contributed by atoms with Crippen LogP contribution in [-0.2, 0) is 9.53 Å². The summed E-state index contributed by atoms with van der Waals surface area (Å²) in [6, 6.07) is 0. The minimum absolute atomic E-state index is 0.00456. The number of fused-ring (bicyclic) bond motifs is 5. The molecule has 2 heteroatoms. The van der Waals surface area contributed by atoms with Crippen LogP contribution in [0.25, 0.3) is 0 Å². The Kier molecular flexibility index (Phi) is 3.18. The lowest BCUT2D eigenvalue weighted by Gasteiger charge is -2.33. The molecule has 2 bridgehead atoms. The quantitative estimate of drug-likeness (QED) is 0.704. The highest BCUT2D eigenvalue weighted by molar-refractivity contribution is 5.73. The van der Waals surface area contributed by atoms with E-state index in [1.807, 2.05) is 6.92 Å². The third-order valence-electron chi connectivity index (χ3n) is 6.29. The molecule has 0 aromatic carbocycles. The standard InChI is InChI=1S/C17H28O2/c1-10(17(2,3)4)16(18)19-15-9-11-8-14(15)13-7-5-6-12(11)13/h10-15H,5-9H2,1-4H3. The lowest BCUT2D eigenvalue weighted by atomic mass is 9.79. The Morgan fingerprint density at radius 1 is 1.11 bits per heavy atom. The molecule has 0 aliphatic heterocycles. The highest BCUT2D eigenvalue weighted by Crippen LogP contribution is 2.59. The number of hydrogen-bond donors (Lipinski definition) is 0. The van der Waals surface area contributed by atoms with E-state index in [1.165, 1.54) is 25.7 Å². The predicted octanol–water partition coefficient (Wildman–Crippen LogP) is 4.04. The fourth-order valence-electron chi connectivity index (χ4n) is 4.75. The predicted molar refractivity (Wildman–Crippen MR) is 75.5 cm³/mol. The molecule has 0 aromatic rings. The largest absolute Gasteiger partial charge is 0.462 e. The number of carbonyl (C=O) groups excluding carboxylic acids is 1. The number of carbonyl (C=O) groups is 1. The first-order valence-electron chi connectivity index (χ1n) is 8.08. The van der Waals surface area contributed by atoms with Gasteiger partial charge in [0.05, 0.1) is 5.92 Å². The van der Waals surface area contributed by atoms with Gasteiger partial charge < -0.3 is 4.74 Å². The molecule has 3 rings (SSSR count). The Hall–Kier alpha value is -0.530. The fourth-order valence-corrected chi connectivity index (χ4v) is 4.75. The Morgan fingerprint density at radius 2 is 1.79 bits per heavy atom. The Balaban J connectivity index is 1.62. The molecule has 3 fully saturated rings. The van der Waals surface area contributed by atoms with Crippen molar-refractivity contribution in [2.75, 3.05) is 0 Å². The molecule has 3 aliphatic carbocycles. The summed E-state index contributed by atoms with van der Waals surface area (Å²) in [6.07, 6.45) is 6.94. The van der Waals surface area contributed by atoms with Crippen molar-refractivity contribution in [2.24, 2.45) is 35.0 Å². The van der Waals surface area contributed by atoms with E-state index >= 15 is 0 Å². The minimum Gasteiger partial charge on any atom is -0.462 e. The van der Waals surface area contributed by atoms with Crippen molar-refractivity contribution in [1.82, 2.24) is 0 Å². The van der Waals surface area contributed by atoms with Gasteiger partial charge in [0.15, 0.2) is 0 Å². The SMILES string of the molecule is CC(C(=O)OC1CC2CC1C1CCCC21)C(C)(C)C. The summed E-state index contributed by atoms with van der Waals surface area (Å²) in [4.78, 5) is 12.3. The molecule has 0 heterocycles. The molecule has 0 N–H and O–H groups in total. The first-order valence-corrected chi connectivity index (χ1v) is 8.08. The molecule has 0 amide bonds. The summed E-state index contributed by atoms with van der Waals surface area (Å²) < 4.78 is 5.90. The molecule has 19 heavy (non-hydrogen) atoms. The fraction of sp³-hybridized carbons (Fsp3) is 0.941. The Bertz CT molecular complexity index is 368. The Morgan fingerprint density at radius 3 is 2.47 bits per heavy atom. The summed E-state index contributed by atoms with van der Waals surface area (Å²) in [7, 11) is 0. The van der Waals surface area contributed by atoms with Crippen LogP contribution in [0.3, 0.4) is 0 Å². The van der Waals surface area contributed by atoms with E-state index in [0.29, 0.717) is 5.92 Å². The molecule has 0 aromatic heterocycles. The second-order valence-corrected chi connectivity index (χ2v) is 8.22. The van der Waals surface area contributed by atoms with Crippen LogP contribution in [-0.4, -0.2) is 12.1 Å². The van der Waals surface area contributed by atoms with Gasteiger partial charge >= 0.3 is 5.97 Å². The van der Waals surface area contributed by atoms with Gasteiger partial charge in [0.2, 0.25) is 0 Å². The second kappa shape index (κ2) is 4.49. The normalized spacial score (nSPS) is 42.2. The van der Waals surface area contributed by atoms with Gasteiger partial charge in [-0.25, -0.2) is 0 Å². The molecular weight excluding hydrogens is 236 g/mol. The number of hydrogen-bond acceptors (Lipinski definition) is 2. The molecule has 0 radical (unpaired) electrons. The summed E-state index contributed by atoms with van der Waals surface area (Å²) in [6.45, 7) is 8.36. The van der Waals surface area contributed by atoms with Crippen LogP contribution in [0, 0.1) is 35.0 Å². The molecule has 2 nitrogen and oxygen atoms in total. The highest BCUT2D eigenvalue weighted by Gasteiger charge is 2.55. The Labute approximate surface area is 117 Å². The average molecular weight is 264 g/mol. The van der Waals surface area contributed by atoms with Crippen LogP contribution in [0.15, 0.2) is 0 Å². The molecular formula is C17H28O2. The summed E-state index contributed by atoms with van der Waals surface area (Å²) >= 11 is 0. The molecule has 6 unspecified atom stereocenters. The van der Waals surface area contributed by atoms with Crippen molar-refractivity contribution in [3.8, 4) is 0 Å². The van der Waals surface area contributed by atoms with E-state index in [2.05, 4.69) is 20.8 Å². The monoisotopic (exact) mass is 264 g/mol. The van der Waals surface area contributed by atoms with E-state index < -0.39 is 0 Å². The van der Waals surface area contributed by atoms with Crippen molar-refractivity contribution in [3.05, 3.63) is 0 Å². The van der Waals surface area contributed by atoms with Crippen LogP contribution < -0.4 is 0 Å². The zero-order valence-electron chi connectivity index (χ0n) is 12.8. The van der Waals surface area contributed by atoms with Crippen molar-refractivity contribution in [2.45, 2.75) is 65.9 Å². The lowest BCUT2D eigenvalue weighted by molar-refractivity contribution is -0.161. The summed E-state index contributed by atoms with van der Waals surface area (Å²) in [5.41, 5.74) is 0.00456. The van der Waals surface area contributed by atoms with Gasteiger partial charge in [0, 0.05) is 0 Å². The van der Waals surface area contributed by atoms with Crippen molar-refractivity contribution in [1.29, 1.82) is 0 Å².